The minimum atomic E-state index is -0.219. The Morgan fingerprint density at radius 1 is 1.78 bits per heavy atom. The van der Waals surface area contributed by atoms with Gasteiger partial charge in [0.25, 0.3) is 0 Å². The van der Waals surface area contributed by atoms with Crippen molar-refractivity contribution < 1.29 is 9.53 Å². The van der Waals surface area contributed by atoms with Gasteiger partial charge in [0, 0.05) is 11.8 Å². The van der Waals surface area contributed by atoms with Gasteiger partial charge in [-0.15, -0.1) is 0 Å². The first-order valence-corrected chi connectivity index (χ1v) is 3.09. The third-order valence-electron chi connectivity index (χ3n) is 1.82. The van der Waals surface area contributed by atoms with Gasteiger partial charge in [-0.05, 0) is 0 Å². The predicted molar refractivity (Wildman–Crippen MR) is 32.7 cm³/mol. The summed E-state index contributed by atoms with van der Waals surface area (Å²) in [5.41, 5.74) is 5.05. The molecule has 1 amide bonds. The smallest absolute Gasteiger partial charge is 0.220 e. The van der Waals surface area contributed by atoms with Crippen LogP contribution in [0.5, 0.6) is 0 Å². The van der Waals surface area contributed by atoms with Gasteiger partial charge >= 0.3 is 0 Å². The van der Waals surface area contributed by atoms with E-state index in [1.165, 1.54) is 0 Å². The summed E-state index contributed by atoms with van der Waals surface area (Å²) in [7, 11) is 0. The molecule has 52 valence electrons. The molecular weight excluding hydrogens is 118 g/mol. The van der Waals surface area contributed by atoms with E-state index in [-0.39, 0.29) is 11.8 Å². The number of hydrogen-bond acceptors (Lipinski definition) is 2. The van der Waals surface area contributed by atoms with Crippen LogP contribution in [-0.2, 0) is 9.53 Å². The van der Waals surface area contributed by atoms with Crippen LogP contribution in [0.2, 0.25) is 0 Å². The maximum absolute atomic E-state index is 10.5. The van der Waals surface area contributed by atoms with Gasteiger partial charge in [0.1, 0.15) is 0 Å². The number of primary amides is 1. The van der Waals surface area contributed by atoms with Crippen LogP contribution >= 0.6 is 0 Å². The summed E-state index contributed by atoms with van der Waals surface area (Å²) in [5, 5.41) is 0. The Morgan fingerprint density at radius 2 is 2.33 bits per heavy atom. The molecule has 0 spiro atoms. The Kier molecular flexibility index (Phi) is 1.71. The van der Waals surface area contributed by atoms with Crippen molar-refractivity contribution in [3.05, 3.63) is 0 Å². The summed E-state index contributed by atoms with van der Waals surface area (Å²) in [6.07, 6.45) is 0. The molecule has 1 heterocycles. The zero-order valence-electron chi connectivity index (χ0n) is 5.46. The highest BCUT2D eigenvalue weighted by molar-refractivity contribution is 5.76. The van der Waals surface area contributed by atoms with Gasteiger partial charge in [-0.25, -0.2) is 0 Å². The molecule has 0 aliphatic carbocycles. The molecule has 3 nitrogen and oxygen atoms in total. The summed E-state index contributed by atoms with van der Waals surface area (Å²) >= 11 is 0. The molecule has 1 rings (SSSR count). The van der Waals surface area contributed by atoms with Gasteiger partial charge < -0.3 is 10.5 Å². The zero-order valence-corrected chi connectivity index (χ0v) is 5.46. The van der Waals surface area contributed by atoms with Crippen LogP contribution in [0.3, 0.4) is 0 Å². The van der Waals surface area contributed by atoms with Crippen molar-refractivity contribution in [3.63, 3.8) is 0 Å². The molecule has 0 bridgehead atoms. The van der Waals surface area contributed by atoms with Crippen molar-refractivity contribution in [2.45, 2.75) is 6.92 Å². The fourth-order valence-electron chi connectivity index (χ4n) is 0.775. The molecule has 1 fully saturated rings. The number of nitrogens with two attached hydrogens (primary N) is 1. The van der Waals surface area contributed by atoms with Gasteiger partial charge in [-0.2, -0.15) is 0 Å². The quantitative estimate of drug-likeness (QED) is 0.559. The largest absolute Gasteiger partial charge is 0.381 e. The fraction of sp³-hybridized carbons (Fsp3) is 0.833. The Hall–Kier alpha value is -0.570. The average Bonchev–Trinajstić information content (AvgIpc) is 1.60. The van der Waals surface area contributed by atoms with Crippen LogP contribution < -0.4 is 5.73 Å². The third kappa shape index (κ3) is 1.21. The van der Waals surface area contributed by atoms with E-state index in [9.17, 15) is 4.79 Å². The van der Waals surface area contributed by atoms with E-state index in [2.05, 4.69) is 0 Å². The van der Waals surface area contributed by atoms with Gasteiger partial charge in [-0.1, -0.05) is 6.92 Å². The maximum Gasteiger partial charge on any atom is 0.220 e. The van der Waals surface area contributed by atoms with Crippen LogP contribution in [0, 0.1) is 11.8 Å². The Balaban J connectivity index is 2.32. The van der Waals surface area contributed by atoms with Crippen molar-refractivity contribution in [1.29, 1.82) is 0 Å². The monoisotopic (exact) mass is 129 g/mol. The number of rotatable bonds is 2. The van der Waals surface area contributed by atoms with E-state index in [1.807, 2.05) is 6.92 Å². The van der Waals surface area contributed by atoms with Gasteiger partial charge in [0.2, 0.25) is 5.91 Å². The number of hydrogen-bond donors (Lipinski definition) is 1. The van der Waals surface area contributed by atoms with Crippen LogP contribution in [0.4, 0.5) is 0 Å². The van der Waals surface area contributed by atoms with Gasteiger partial charge in [-0.3, -0.25) is 4.79 Å². The lowest BCUT2D eigenvalue weighted by atomic mass is 9.92. The van der Waals surface area contributed by atoms with Crippen LogP contribution in [0.1, 0.15) is 6.92 Å². The molecule has 0 radical (unpaired) electrons. The summed E-state index contributed by atoms with van der Waals surface area (Å²) in [5.74, 6) is 0.143. The number of ether oxygens (including phenoxy) is 1. The van der Waals surface area contributed by atoms with Gasteiger partial charge in [0.05, 0.1) is 13.2 Å². The number of carbonyl (C=O) groups excluding carboxylic acids is 1. The van der Waals surface area contributed by atoms with Crippen molar-refractivity contribution in [2.24, 2.45) is 17.6 Å². The van der Waals surface area contributed by atoms with E-state index in [0.29, 0.717) is 19.1 Å². The van der Waals surface area contributed by atoms with E-state index in [1.54, 1.807) is 0 Å². The Bertz CT molecular complexity index is 120. The minimum absolute atomic E-state index is 0.0150. The van der Waals surface area contributed by atoms with E-state index < -0.39 is 0 Å². The summed E-state index contributed by atoms with van der Waals surface area (Å²) < 4.78 is 4.90. The maximum atomic E-state index is 10.5. The lowest BCUT2D eigenvalue weighted by Gasteiger charge is -2.29. The molecule has 1 saturated heterocycles. The molecule has 9 heavy (non-hydrogen) atoms. The van der Waals surface area contributed by atoms with Gasteiger partial charge in [0.15, 0.2) is 0 Å². The van der Waals surface area contributed by atoms with E-state index in [0.717, 1.165) is 0 Å². The normalized spacial score (nSPS) is 22.8. The lowest BCUT2D eigenvalue weighted by Crippen LogP contribution is -2.39. The third-order valence-corrected chi connectivity index (χ3v) is 1.82. The Labute approximate surface area is 54.2 Å². The zero-order chi connectivity index (χ0) is 6.85. The minimum Gasteiger partial charge on any atom is -0.381 e. The van der Waals surface area contributed by atoms with E-state index >= 15 is 0 Å². The fourth-order valence-corrected chi connectivity index (χ4v) is 0.775. The van der Waals surface area contributed by atoms with E-state index in [4.69, 9.17) is 10.5 Å². The molecule has 1 aliphatic heterocycles. The number of carbonyl (C=O) groups is 1. The highest BCUT2D eigenvalue weighted by Crippen LogP contribution is 2.19. The standard InChI is InChI=1S/C6H11NO2/c1-4(6(7)8)5-2-9-3-5/h4-5H,2-3H2,1H3,(H2,7,8). The molecule has 0 aromatic heterocycles. The van der Waals surface area contributed by atoms with Crippen molar-refractivity contribution in [2.75, 3.05) is 13.2 Å². The lowest BCUT2D eigenvalue weighted by molar-refractivity contribution is -0.130. The summed E-state index contributed by atoms with van der Waals surface area (Å²) in [4.78, 5) is 10.5. The number of amides is 1. The van der Waals surface area contributed by atoms with Crippen LogP contribution in [0.25, 0.3) is 0 Å². The molecule has 1 unspecified atom stereocenters. The van der Waals surface area contributed by atoms with Crippen LogP contribution in [0.15, 0.2) is 0 Å². The predicted octanol–water partition coefficient (Wildman–Crippen LogP) is -0.246. The topological polar surface area (TPSA) is 52.3 Å². The molecule has 3 heteroatoms. The Morgan fingerprint density at radius 3 is 2.44 bits per heavy atom. The molecule has 1 atom stereocenters. The summed E-state index contributed by atoms with van der Waals surface area (Å²) in [6, 6.07) is 0. The first-order chi connectivity index (χ1) is 4.22. The molecule has 1 aliphatic rings. The second-order valence-electron chi connectivity index (χ2n) is 2.49. The highest BCUT2D eigenvalue weighted by atomic mass is 16.5. The SMILES string of the molecule is CC(C(N)=O)C1COC1. The first kappa shape index (κ1) is 6.55. The molecule has 0 saturated carbocycles. The van der Waals surface area contributed by atoms with Crippen LogP contribution in [-0.4, -0.2) is 19.1 Å². The molecule has 2 N–H and O–H groups in total. The highest BCUT2D eigenvalue weighted by Gasteiger charge is 2.28. The van der Waals surface area contributed by atoms with Crippen molar-refractivity contribution in [3.8, 4) is 0 Å². The first-order valence-electron chi connectivity index (χ1n) is 3.09. The summed E-state index contributed by atoms with van der Waals surface area (Å²) in [6.45, 7) is 3.24. The molecular formula is C6H11NO2. The average molecular weight is 129 g/mol. The van der Waals surface area contributed by atoms with Crippen molar-refractivity contribution >= 4 is 5.91 Å². The molecule has 0 aromatic rings. The molecule has 0 aromatic carbocycles. The second kappa shape index (κ2) is 2.35. The van der Waals surface area contributed by atoms with Crippen molar-refractivity contribution in [1.82, 2.24) is 0 Å². The second-order valence-corrected chi connectivity index (χ2v) is 2.49.